The summed E-state index contributed by atoms with van der Waals surface area (Å²) in [5.74, 6) is -0.696. The number of aromatic nitrogens is 1. The van der Waals surface area contributed by atoms with Crippen LogP contribution in [0.1, 0.15) is 21.6 Å². The molecule has 0 unspecified atom stereocenters. The summed E-state index contributed by atoms with van der Waals surface area (Å²) in [6, 6.07) is 13.6. The van der Waals surface area contributed by atoms with Gasteiger partial charge in [-0.25, -0.2) is 17.8 Å². The predicted octanol–water partition coefficient (Wildman–Crippen LogP) is 3.16. The van der Waals surface area contributed by atoms with E-state index in [2.05, 4.69) is 10.5 Å². The van der Waals surface area contributed by atoms with Crippen molar-refractivity contribution in [2.45, 2.75) is 11.8 Å². The minimum atomic E-state index is -3.79. The quantitative estimate of drug-likeness (QED) is 0.491. The molecule has 2 aromatic carbocycles. The van der Waals surface area contributed by atoms with Crippen LogP contribution >= 0.6 is 11.6 Å². The maximum absolute atomic E-state index is 12.8. The summed E-state index contributed by atoms with van der Waals surface area (Å²) >= 11 is 5.77. The Balaban J connectivity index is 1.79. The van der Waals surface area contributed by atoms with Crippen LogP contribution in [0.5, 0.6) is 5.75 Å². The second kappa shape index (κ2) is 7.87. The van der Waals surface area contributed by atoms with Crippen molar-refractivity contribution < 1.29 is 18.3 Å². The van der Waals surface area contributed by atoms with E-state index in [0.29, 0.717) is 0 Å². The molecule has 28 heavy (non-hydrogen) atoms. The average molecular weight is 418 g/mol. The van der Waals surface area contributed by atoms with Gasteiger partial charge in [0.25, 0.3) is 15.9 Å². The molecule has 0 aliphatic rings. The number of amides is 1. The number of carbonyl (C=O) groups is 1. The Bertz CT molecular complexity index is 1150. The van der Waals surface area contributed by atoms with Crippen LogP contribution < -0.4 is 5.43 Å². The molecule has 1 heterocycles. The third kappa shape index (κ3) is 4.08. The summed E-state index contributed by atoms with van der Waals surface area (Å²) in [6.45, 7) is 1.87. The average Bonchev–Trinajstić information content (AvgIpc) is 3.13. The topological polar surface area (TPSA) is 101 Å². The zero-order valence-corrected chi connectivity index (χ0v) is 16.3. The van der Waals surface area contributed by atoms with E-state index in [0.717, 1.165) is 9.54 Å². The second-order valence-corrected chi connectivity index (χ2v) is 8.13. The van der Waals surface area contributed by atoms with Crippen molar-refractivity contribution in [3.8, 4) is 5.75 Å². The molecular formula is C19H16ClN3O4S. The summed E-state index contributed by atoms with van der Waals surface area (Å²) in [4.78, 5) is 12.2. The van der Waals surface area contributed by atoms with Gasteiger partial charge in [0.05, 0.1) is 21.8 Å². The van der Waals surface area contributed by atoms with Crippen LogP contribution in [-0.4, -0.2) is 29.6 Å². The standard InChI is InChI=1S/C19H16ClN3O4S/c1-13-4-7-16(8-5-13)28(26,27)23-10-2-3-15(23)12-21-22-19(25)14-6-9-18(24)17(20)11-14/h2-12,24H,1H3,(H,22,25)/b21-12+. The van der Waals surface area contributed by atoms with E-state index in [1.54, 1.807) is 24.3 Å². The van der Waals surface area contributed by atoms with E-state index in [1.807, 2.05) is 6.92 Å². The van der Waals surface area contributed by atoms with Crippen molar-refractivity contribution in [1.82, 2.24) is 9.40 Å². The molecule has 0 radical (unpaired) electrons. The first-order valence-corrected chi connectivity index (χ1v) is 9.92. The SMILES string of the molecule is Cc1ccc(S(=O)(=O)n2cccc2/C=N/NC(=O)c2ccc(O)c(Cl)c2)cc1. The predicted molar refractivity (Wildman–Crippen MR) is 106 cm³/mol. The Labute approximate surface area is 166 Å². The van der Waals surface area contributed by atoms with E-state index in [-0.39, 0.29) is 26.9 Å². The van der Waals surface area contributed by atoms with Crippen LogP contribution in [0.15, 0.2) is 70.8 Å². The minimum absolute atomic E-state index is 0.0368. The number of halogens is 1. The number of phenolic OH excluding ortho intramolecular Hbond substituents is 1. The Hall–Kier alpha value is -3.10. The number of rotatable bonds is 5. The molecule has 1 amide bonds. The number of hydrazone groups is 1. The van der Waals surface area contributed by atoms with Gasteiger partial charge in [-0.15, -0.1) is 0 Å². The number of phenols is 1. The number of aryl methyl sites for hydroxylation is 1. The van der Waals surface area contributed by atoms with Crippen molar-refractivity contribution in [2.24, 2.45) is 5.10 Å². The number of hydrogen-bond acceptors (Lipinski definition) is 5. The molecule has 2 N–H and O–H groups in total. The van der Waals surface area contributed by atoms with Crippen LogP contribution in [0.4, 0.5) is 0 Å². The molecule has 0 bridgehead atoms. The molecule has 0 aliphatic carbocycles. The normalized spacial score (nSPS) is 11.6. The second-order valence-electron chi connectivity index (χ2n) is 5.91. The Morgan fingerprint density at radius 1 is 1.18 bits per heavy atom. The van der Waals surface area contributed by atoms with E-state index >= 15 is 0 Å². The van der Waals surface area contributed by atoms with E-state index in [1.165, 1.54) is 42.7 Å². The lowest BCUT2D eigenvalue weighted by Crippen LogP contribution is -2.19. The Morgan fingerprint density at radius 2 is 1.89 bits per heavy atom. The van der Waals surface area contributed by atoms with Gasteiger partial charge in [-0.3, -0.25) is 4.79 Å². The molecule has 144 valence electrons. The summed E-state index contributed by atoms with van der Waals surface area (Å²) in [7, 11) is -3.79. The fourth-order valence-corrected chi connectivity index (χ4v) is 3.90. The van der Waals surface area contributed by atoms with Crippen LogP contribution in [-0.2, 0) is 10.0 Å². The van der Waals surface area contributed by atoms with Crippen LogP contribution in [0.25, 0.3) is 0 Å². The molecule has 7 nitrogen and oxygen atoms in total. The summed E-state index contributed by atoms with van der Waals surface area (Å²) in [6.07, 6.45) is 2.63. The van der Waals surface area contributed by atoms with Gasteiger partial charge in [-0.1, -0.05) is 29.3 Å². The monoisotopic (exact) mass is 417 g/mol. The number of hydrogen-bond donors (Lipinski definition) is 2. The maximum Gasteiger partial charge on any atom is 0.271 e. The largest absolute Gasteiger partial charge is 0.506 e. The number of aromatic hydroxyl groups is 1. The van der Waals surface area contributed by atoms with Crippen LogP contribution in [0.3, 0.4) is 0 Å². The highest BCUT2D eigenvalue weighted by molar-refractivity contribution is 7.90. The molecule has 0 fully saturated rings. The first-order valence-electron chi connectivity index (χ1n) is 8.10. The molecule has 0 aliphatic heterocycles. The molecule has 1 aromatic heterocycles. The third-order valence-electron chi connectivity index (χ3n) is 3.89. The van der Waals surface area contributed by atoms with E-state index in [9.17, 15) is 18.3 Å². The molecule has 0 atom stereocenters. The highest BCUT2D eigenvalue weighted by Crippen LogP contribution is 2.23. The molecule has 0 saturated carbocycles. The summed E-state index contributed by atoms with van der Waals surface area (Å²) < 4.78 is 26.7. The number of carbonyl (C=O) groups excluding carboxylic acids is 1. The lowest BCUT2D eigenvalue weighted by Gasteiger charge is -2.08. The van der Waals surface area contributed by atoms with Gasteiger partial charge in [-0.05, 0) is 49.4 Å². The zero-order valence-electron chi connectivity index (χ0n) is 14.7. The zero-order chi connectivity index (χ0) is 20.3. The fourth-order valence-electron chi connectivity index (χ4n) is 2.39. The first kappa shape index (κ1) is 19.7. The smallest absolute Gasteiger partial charge is 0.271 e. The maximum atomic E-state index is 12.8. The Morgan fingerprint density at radius 3 is 2.57 bits per heavy atom. The molecular weight excluding hydrogens is 402 g/mol. The van der Waals surface area contributed by atoms with Crippen molar-refractivity contribution >= 4 is 33.7 Å². The highest BCUT2D eigenvalue weighted by atomic mass is 35.5. The Kier molecular flexibility index (Phi) is 5.53. The van der Waals surface area contributed by atoms with Gasteiger partial charge < -0.3 is 5.11 Å². The molecule has 9 heteroatoms. The van der Waals surface area contributed by atoms with Gasteiger partial charge in [0, 0.05) is 11.8 Å². The molecule has 0 spiro atoms. The van der Waals surface area contributed by atoms with Gasteiger partial charge in [-0.2, -0.15) is 5.10 Å². The minimum Gasteiger partial charge on any atom is -0.506 e. The van der Waals surface area contributed by atoms with Gasteiger partial charge in [0.1, 0.15) is 5.75 Å². The lowest BCUT2D eigenvalue weighted by molar-refractivity contribution is 0.0955. The van der Waals surface area contributed by atoms with Crippen molar-refractivity contribution in [3.63, 3.8) is 0 Å². The van der Waals surface area contributed by atoms with Crippen molar-refractivity contribution in [2.75, 3.05) is 0 Å². The molecule has 3 rings (SSSR count). The third-order valence-corrected chi connectivity index (χ3v) is 5.91. The van der Waals surface area contributed by atoms with Gasteiger partial charge in [0.15, 0.2) is 0 Å². The van der Waals surface area contributed by atoms with Crippen molar-refractivity contribution in [1.29, 1.82) is 0 Å². The van der Waals surface area contributed by atoms with E-state index in [4.69, 9.17) is 11.6 Å². The van der Waals surface area contributed by atoms with Crippen molar-refractivity contribution in [3.05, 3.63) is 82.6 Å². The molecule has 0 saturated heterocycles. The number of benzene rings is 2. The fraction of sp³-hybridized carbons (Fsp3) is 0.0526. The highest BCUT2D eigenvalue weighted by Gasteiger charge is 2.18. The number of nitrogens with zero attached hydrogens (tertiary/aromatic N) is 2. The van der Waals surface area contributed by atoms with Crippen LogP contribution in [0, 0.1) is 6.92 Å². The first-order chi connectivity index (χ1) is 13.3. The van der Waals surface area contributed by atoms with Gasteiger partial charge in [0.2, 0.25) is 0 Å². The number of nitrogens with one attached hydrogen (secondary N) is 1. The summed E-state index contributed by atoms with van der Waals surface area (Å²) in [5, 5.41) is 13.2. The van der Waals surface area contributed by atoms with Gasteiger partial charge >= 0.3 is 0 Å². The molecule has 3 aromatic rings. The summed E-state index contributed by atoms with van der Waals surface area (Å²) in [5.41, 5.74) is 3.71. The van der Waals surface area contributed by atoms with E-state index < -0.39 is 15.9 Å². The lowest BCUT2D eigenvalue weighted by atomic mass is 10.2. The van der Waals surface area contributed by atoms with Crippen LogP contribution in [0.2, 0.25) is 5.02 Å².